The van der Waals surface area contributed by atoms with Gasteiger partial charge in [0.25, 0.3) is 0 Å². The van der Waals surface area contributed by atoms with Gasteiger partial charge >= 0.3 is 0 Å². The molecule has 0 radical (unpaired) electrons. The SMILES string of the molecule is C[C@@H]1C[C@@H]1C(=O)NCCC(=O)N1CCC[C@@H](c2ccccc2)CC1. The predicted octanol–water partition coefficient (Wildman–Crippen LogP) is 2.95. The van der Waals surface area contributed by atoms with E-state index in [0.29, 0.717) is 24.8 Å². The first-order valence-corrected chi connectivity index (χ1v) is 9.25. The van der Waals surface area contributed by atoms with Crippen LogP contribution in [0.25, 0.3) is 0 Å². The van der Waals surface area contributed by atoms with Gasteiger partial charge in [-0.25, -0.2) is 0 Å². The molecule has 24 heavy (non-hydrogen) atoms. The Morgan fingerprint density at radius 3 is 2.62 bits per heavy atom. The molecule has 1 heterocycles. The molecule has 1 saturated heterocycles. The second-order valence-electron chi connectivity index (χ2n) is 7.28. The Kier molecular flexibility index (Phi) is 5.54. The van der Waals surface area contributed by atoms with Crippen LogP contribution in [-0.4, -0.2) is 36.3 Å². The Labute approximate surface area is 144 Å². The first-order valence-electron chi connectivity index (χ1n) is 9.25. The van der Waals surface area contributed by atoms with Gasteiger partial charge in [0.1, 0.15) is 0 Å². The van der Waals surface area contributed by atoms with Gasteiger partial charge in [-0.15, -0.1) is 0 Å². The van der Waals surface area contributed by atoms with Gasteiger partial charge in [-0.1, -0.05) is 37.3 Å². The van der Waals surface area contributed by atoms with Gasteiger partial charge in [0, 0.05) is 32.0 Å². The normalized spacial score (nSPS) is 26.5. The van der Waals surface area contributed by atoms with Crippen LogP contribution in [0.2, 0.25) is 0 Å². The van der Waals surface area contributed by atoms with Crippen molar-refractivity contribution in [2.75, 3.05) is 19.6 Å². The maximum Gasteiger partial charge on any atom is 0.224 e. The lowest BCUT2D eigenvalue weighted by atomic mass is 9.92. The van der Waals surface area contributed by atoms with Crippen LogP contribution in [0.5, 0.6) is 0 Å². The molecule has 0 spiro atoms. The van der Waals surface area contributed by atoms with E-state index in [1.807, 2.05) is 11.0 Å². The van der Waals surface area contributed by atoms with Crippen LogP contribution in [0.3, 0.4) is 0 Å². The molecule has 130 valence electrons. The van der Waals surface area contributed by atoms with Crippen molar-refractivity contribution < 1.29 is 9.59 Å². The number of carbonyl (C=O) groups excluding carboxylic acids is 2. The minimum absolute atomic E-state index is 0.121. The standard InChI is InChI=1S/C20H28N2O2/c1-15-14-18(15)20(24)21-11-9-19(23)22-12-5-8-17(10-13-22)16-6-3-2-4-7-16/h2-4,6-7,15,17-18H,5,8-14H2,1H3,(H,21,24)/t15-,17-,18+/m1/s1. The minimum Gasteiger partial charge on any atom is -0.355 e. The molecule has 0 unspecified atom stereocenters. The number of benzene rings is 1. The second kappa shape index (κ2) is 7.82. The van der Waals surface area contributed by atoms with E-state index in [4.69, 9.17) is 0 Å². The number of likely N-dealkylation sites (tertiary alicyclic amines) is 1. The van der Waals surface area contributed by atoms with Gasteiger partial charge in [0.15, 0.2) is 0 Å². The number of nitrogens with one attached hydrogen (secondary N) is 1. The molecule has 3 atom stereocenters. The molecule has 1 aliphatic carbocycles. The number of rotatable bonds is 5. The van der Waals surface area contributed by atoms with Crippen LogP contribution in [0.15, 0.2) is 30.3 Å². The second-order valence-corrected chi connectivity index (χ2v) is 7.28. The summed E-state index contributed by atoms with van der Waals surface area (Å²) in [5, 5.41) is 2.91. The van der Waals surface area contributed by atoms with E-state index >= 15 is 0 Å². The number of hydrogen-bond acceptors (Lipinski definition) is 2. The van der Waals surface area contributed by atoms with E-state index in [1.165, 1.54) is 5.56 Å². The molecule has 0 aromatic heterocycles. The van der Waals surface area contributed by atoms with E-state index in [9.17, 15) is 9.59 Å². The highest BCUT2D eigenvalue weighted by atomic mass is 16.2. The highest BCUT2D eigenvalue weighted by Crippen LogP contribution is 2.37. The van der Waals surface area contributed by atoms with Crippen molar-refractivity contribution in [3.8, 4) is 0 Å². The summed E-state index contributed by atoms with van der Waals surface area (Å²) in [7, 11) is 0. The zero-order valence-corrected chi connectivity index (χ0v) is 14.5. The molecular formula is C20H28N2O2. The van der Waals surface area contributed by atoms with Gasteiger partial charge in [-0.05, 0) is 43.1 Å². The third-order valence-corrected chi connectivity index (χ3v) is 5.44. The lowest BCUT2D eigenvalue weighted by molar-refractivity contribution is -0.131. The maximum atomic E-state index is 12.4. The zero-order chi connectivity index (χ0) is 16.9. The summed E-state index contributed by atoms with van der Waals surface area (Å²) in [6, 6.07) is 10.6. The molecule has 1 aliphatic heterocycles. The van der Waals surface area contributed by atoms with Crippen molar-refractivity contribution in [3.63, 3.8) is 0 Å². The number of nitrogens with zero attached hydrogens (tertiary/aromatic N) is 1. The number of hydrogen-bond donors (Lipinski definition) is 1. The molecule has 2 aliphatic rings. The molecule has 1 saturated carbocycles. The molecule has 2 fully saturated rings. The monoisotopic (exact) mass is 328 g/mol. The lowest BCUT2D eigenvalue weighted by Crippen LogP contribution is -2.35. The maximum absolute atomic E-state index is 12.4. The molecule has 4 heteroatoms. The first kappa shape index (κ1) is 17.0. The molecule has 1 N–H and O–H groups in total. The largest absolute Gasteiger partial charge is 0.355 e. The van der Waals surface area contributed by atoms with Crippen molar-refractivity contribution in [3.05, 3.63) is 35.9 Å². The molecule has 4 nitrogen and oxygen atoms in total. The summed E-state index contributed by atoms with van der Waals surface area (Å²) in [5.74, 6) is 1.55. The third-order valence-electron chi connectivity index (χ3n) is 5.44. The fourth-order valence-electron chi connectivity index (χ4n) is 3.67. The highest BCUT2D eigenvalue weighted by Gasteiger charge is 2.38. The first-order chi connectivity index (χ1) is 11.6. The molecule has 0 bridgehead atoms. The van der Waals surface area contributed by atoms with E-state index in [2.05, 4.69) is 36.5 Å². The smallest absolute Gasteiger partial charge is 0.224 e. The number of amides is 2. The zero-order valence-electron chi connectivity index (χ0n) is 14.5. The Morgan fingerprint density at radius 1 is 1.17 bits per heavy atom. The Morgan fingerprint density at radius 2 is 1.92 bits per heavy atom. The van der Waals surface area contributed by atoms with E-state index in [0.717, 1.165) is 38.8 Å². The fraction of sp³-hybridized carbons (Fsp3) is 0.600. The van der Waals surface area contributed by atoms with Crippen LogP contribution in [-0.2, 0) is 9.59 Å². The van der Waals surface area contributed by atoms with Crippen LogP contribution in [0.1, 0.15) is 50.5 Å². The molecule has 2 amide bonds. The molecule has 3 rings (SSSR count). The van der Waals surface area contributed by atoms with Gasteiger partial charge in [-0.3, -0.25) is 9.59 Å². The van der Waals surface area contributed by atoms with E-state index < -0.39 is 0 Å². The van der Waals surface area contributed by atoms with Crippen molar-refractivity contribution >= 4 is 11.8 Å². The topological polar surface area (TPSA) is 49.4 Å². The summed E-state index contributed by atoms with van der Waals surface area (Å²) < 4.78 is 0. The average molecular weight is 328 g/mol. The highest BCUT2D eigenvalue weighted by molar-refractivity contribution is 5.82. The third kappa shape index (κ3) is 4.37. The Bertz CT molecular complexity index is 572. The quantitative estimate of drug-likeness (QED) is 0.903. The summed E-state index contributed by atoms with van der Waals surface area (Å²) in [6.07, 6.45) is 4.64. The van der Waals surface area contributed by atoms with Crippen LogP contribution >= 0.6 is 0 Å². The molecule has 1 aromatic carbocycles. The lowest BCUT2D eigenvalue weighted by Gasteiger charge is -2.21. The van der Waals surface area contributed by atoms with Gasteiger partial charge < -0.3 is 10.2 Å². The van der Waals surface area contributed by atoms with Crippen molar-refractivity contribution in [1.29, 1.82) is 0 Å². The van der Waals surface area contributed by atoms with Gasteiger partial charge in [0.05, 0.1) is 0 Å². The number of carbonyl (C=O) groups is 2. The predicted molar refractivity (Wildman–Crippen MR) is 94.5 cm³/mol. The van der Waals surface area contributed by atoms with E-state index in [1.54, 1.807) is 0 Å². The minimum atomic E-state index is 0.121. The summed E-state index contributed by atoms with van der Waals surface area (Å²) in [4.78, 5) is 26.2. The molecular weight excluding hydrogens is 300 g/mol. The molecule has 1 aromatic rings. The van der Waals surface area contributed by atoms with Crippen molar-refractivity contribution in [1.82, 2.24) is 10.2 Å². The summed E-state index contributed by atoms with van der Waals surface area (Å²) >= 11 is 0. The summed E-state index contributed by atoms with van der Waals surface area (Å²) in [5.41, 5.74) is 1.39. The van der Waals surface area contributed by atoms with Crippen molar-refractivity contribution in [2.24, 2.45) is 11.8 Å². The van der Waals surface area contributed by atoms with E-state index in [-0.39, 0.29) is 17.7 Å². The van der Waals surface area contributed by atoms with Crippen LogP contribution in [0, 0.1) is 11.8 Å². The summed E-state index contributed by atoms with van der Waals surface area (Å²) in [6.45, 7) is 4.23. The Balaban J connectivity index is 1.42. The Hall–Kier alpha value is -1.84. The van der Waals surface area contributed by atoms with Gasteiger partial charge in [-0.2, -0.15) is 0 Å². The average Bonchev–Trinajstić information content (AvgIpc) is 3.37. The van der Waals surface area contributed by atoms with Gasteiger partial charge in [0.2, 0.25) is 11.8 Å². The van der Waals surface area contributed by atoms with Crippen LogP contribution in [0.4, 0.5) is 0 Å². The van der Waals surface area contributed by atoms with Crippen molar-refractivity contribution in [2.45, 2.75) is 44.9 Å². The fourth-order valence-corrected chi connectivity index (χ4v) is 3.67. The van der Waals surface area contributed by atoms with Crippen LogP contribution < -0.4 is 5.32 Å².